The second kappa shape index (κ2) is 6.57. The van der Waals surface area contributed by atoms with E-state index in [0.29, 0.717) is 17.2 Å². The summed E-state index contributed by atoms with van der Waals surface area (Å²) in [5, 5.41) is 9.58. The zero-order valence-corrected chi connectivity index (χ0v) is 14.6. The van der Waals surface area contributed by atoms with Crippen LogP contribution >= 0.6 is 0 Å². The van der Waals surface area contributed by atoms with Gasteiger partial charge in [-0.2, -0.15) is 0 Å². The van der Waals surface area contributed by atoms with Crippen molar-refractivity contribution in [3.63, 3.8) is 0 Å². The Morgan fingerprint density at radius 1 is 1.04 bits per heavy atom. The summed E-state index contributed by atoms with van der Waals surface area (Å²) in [6.07, 6.45) is 4.05. The van der Waals surface area contributed by atoms with Crippen LogP contribution in [0.1, 0.15) is 27.8 Å². The predicted molar refractivity (Wildman–Crippen MR) is 96.3 cm³/mol. The Bertz CT molecular complexity index is 778. The van der Waals surface area contributed by atoms with Gasteiger partial charge in [-0.1, -0.05) is 30.3 Å². The van der Waals surface area contributed by atoms with Crippen molar-refractivity contribution in [3.05, 3.63) is 58.2 Å². The van der Waals surface area contributed by atoms with Crippen molar-refractivity contribution in [2.75, 3.05) is 19.7 Å². The van der Waals surface area contributed by atoms with E-state index in [1.807, 2.05) is 13.8 Å². The Kier molecular flexibility index (Phi) is 4.49. The Morgan fingerprint density at radius 3 is 2.42 bits per heavy atom. The van der Waals surface area contributed by atoms with Crippen molar-refractivity contribution in [2.24, 2.45) is 0 Å². The molecule has 3 rings (SSSR count). The van der Waals surface area contributed by atoms with Gasteiger partial charge in [-0.15, -0.1) is 0 Å². The first-order chi connectivity index (χ1) is 11.6. The standard InChI is InChI=1S/C20H23NO3/c1-12-17(11-15-10-9-14-7-5-6-8-16(14)15)13(2)19(23-3)20(24-4)18(12)21-22/h5-8,10,21-22H,9,11H2,1-4H3. The molecule has 0 radical (unpaired) electrons. The van der Waals surface area contributed by atoms with Gasteiger partial charge in [-0.3, -0.25) is 10.7 Å². The molecule has 126 valence electrons. The third-order valence-corrected chi connectivity index (χ3v) is 4.87. The number of nitrogens with one attached hydrogen (secondary N) is 1. The molecule has 0 heterocycles. The number of rotatable bonds is 5. The highest BCUT2D eigenvalue weighted by atomic mass is 16.5. The van der Waals surface area contributed by atoms with Gasteiger partial charge in [-0.05, 0) is 60.1 Å². The van der Waals surface area contributed by atoms with Gasteiger partial charge in [0.1, 0.15) is 5.69 Å². The molecule has 0 saturated carbocycles. The van der Waals surface area contributed by atoms with E-state index >= 15 is 0 Å². The number of hydrogen-bond donors (Lipinski definition) is 2. The fraction of sp³-hybridized carbons (Fsp3) is 0.300. The molecule has 2 aromatic rings. The summed E-state index contributed by atoms with van der Waals surface area (Å²) in [7, 11) is 3.20. The van der Waals surface area contributed by atoms with Gasteiger partial charge < -0.3 is 9.47 Å². The maximum Gasteiger partial charge on any atom is 0.186 e. The molecule has 0 aliphatic heterocycles. The molecule has 1 aliphatic rings. The summed E-state index contributed by atoms with van der Waals surface area (Å²) >= 11 is 0. The van der Waals surface area contributed by atoms with E-state index in [9.17, 15) is 5.21 Å². The number of fused-ring (bicyclic) bond motifs is 1. The molecule has 24 heavy (non-hydrogen) atoms. The molecule has 2 aromatic carbocycles. The summed E-state index contributed by atoms with van der Waals surface area (Å²) in [6.45, 7) is 4.02. The third kappa shape index (κ3) is 2.53. The highest BCUT2D eigenvalue weighted by molar-refractivity contribution is 5.78. The van der Waals surface area contributed by atoms with Crippen molar-refractivity contribution in [3.8, 4) is 11.5 Å². The topological polar surface area (TPSA) is 50.7 Å². The molecule has 0 fully saturated rings. The van der Waals surface area contributed by atoms with Gasteiger partial charge in [-0.25, -0.2) is 0 Å². The number of allylic oxidation sites excluding steroid dienone is 2. The minimum Gasteiger partial charge on any atom is -0.492 e. The molecule has 4 nitrogen and oxygen atoms in total. The second-order valence-electron chi connectivity index (χ2n) is 6.05. The molecule has 0 saturated heterocycles. The molecule has 0 bridgehead atoms. The van der Waals surface area contributed by atoms with Crippen LogP contribution in [0.15, 0.2) is 30.3 Å². The van der Waals surface area contributed by atoms with E-state index in [1.54, 1.807) is 14.2 Å². The monoisotopic (exact) mass is 325 g/mol. The van der Waals surface area contributed by atoms with Crippen LogP contribution in [0.4, 0.5) is 5.69 Å². The number of methoxy groups -OCH3 is 2. The van der Waals surface area contributed by atoms with Crippen molar-refractivity contribution in [2.45, 2.75) is 26.7 Å². The Hall–Kier alpha value is -2.46. The third-order valence-electron chi connectivity index (χ3n) is 4.87. The Balaban J connectivity index is 2.09. The van der Waals surface area contributed by atoms with Crippen LogP contribution < -0.4 is 15.0 Å². The quantitative estimate of drug-likeness (QED) is 0.805. The summed E-state index contributed by atoms with van der Waals surface area (Å²) in [6, 6.07) is 8.50. The molecule has 0 unspecified atom stereocenters. The van der Waals surface area contributed by atoms with Crippen molar-refractivity contribution >= 4 is 11.3 Å². The molecule has 2 N–H and O–H groups in total. The summed E-state index contributed by atoms with van der Waals surface area (Å²) in [5.41, 5.74) is 9.98. The van der Waals surface area contributed by atoms with Crippen LogP contribution in [-0.4, -0.2) is 19.4 Å². The molecule has 0 spiro atoms. The normalized spacial score (nSPS) is 12.6. The molecule has 0 aromatic heterocycles. The first-order valence-electron chi connectivity index (χ1n) is 8.03. The fourth-order valence-corrected chi connectivity index (χ4v) is 3.58. The molecular weight excluding hydrogens is 302 g/mol. The predicted octanol–water partition coefficient (Wildman–Crippen LogP) is 4.30. The van der Waals surface area contributed by atoms with Crippen LogP contribution in [0.3, 0.4) is 0 Å². The number of benzene rings is 2. The first kappa shape index (κ1) is 16.4. The molecule has 1 aliphatic carbocycles. The van der Waals surface area contributed by atoms with Gasteiger partial charge >= 0.3 is 0 Å². The maximum absolute atomic E-state index is 9.58. The smallest absolute Gasteiger partial charge is 0.186 e. The molecule has 0 amide bonds. The van der Waals surface area contributed by atoms with Crippen LogP contribution in [-0.2, 0) is 12.8 Å². The van der Waals surface area contributed by atoms with Crippen LogP contribution in [0.25, 0.3) is 5.57 Å². The number of anilines is 1. The first-order valence-corrected chi connectivity index (χ1v) is 8.03. The second-order valence-corrected chi connectivity index (χ2v) is 6.05. The van der Waals surface area contributed by atoms with E-state index in [0.717, 1.165) is 29.5 Å². The summed E-state index contributed by atoms with van der Waals surface area (Å²) < 4.78 is 11.0. The molecule has 4 heteroatoms. The SMILES string of the molecule is COc1c(C)c(CC2=CCc3ccccc32)c(C)c(NO)c1OC. The number of ether oxygens (including phenoxy) is 2. The van der Waals surface area contributed by atoms with Gasteiger partial charge in [0, 0.05) is 0 Å². The lowest BCUT2D eigenvalue weighted by molar-refractivity contribution is 0.342. The van der Waals surface area contributed by atoms with Crippen LogP contribution in [0.5, 0.6) is 11.5 Å². The zero-order valence-electron chi connectivity index (χ0n) is 14.6. The van der Waals surface area contributed by atoms with Crippen LogP contribution in [0, 0.1) is 13.8 Å². The van der Waals surface area contributed by atoms with E-state index in [2.05, 4.69) is 35.8 Å². The Morgan fingerprint density at radius 2 is 1.75 bits per heavy atom. The average Bonchev–Trinajstić information content (AvgIpc) is 3.01. The largest absolute Gasteiger partial charge is 0.492 e. The van der Waals surface area contributed by atoms with E-state index in [4.69, 9.17) is 9.47 Å². The minimum atomic E-state index is 0.527. The van der Waals surface area contributed by atoms with Gasteiger partial charge in [0.25, 0.3) is 0 Å². The van der Waals surface area contributed by atoms with Gasteiger partial charge in [0.15, 0.2) is 11.5 Å². The van der Waals surface area contributed by atoms with E-state index in [-0.39, 0.29) is 0 Å². The van der Waals surface area contributed by atoms with Crippen molar-refractivity contribution in [1.82, 2.24) is 0 Å². The van der Waals surface area contributed by atoms with E-state index in [1.165, 1.54) is 16.7 Å². The maximum atomic E-state index is 9.58. The zero-order chi connectivity index (χ0) is 17.3. The highest BCUT2D eigenvalue weighted by Crippen LogP contribution is 2.44. The van der Waals surface area contributed by atoms with Crippen molar-refractivity contribution in [1.29, 1.82) is 0 Å². The minimum absolute atomic E-state index is 0.527. The van der Waals surface area contributed by atoms with E-state index < -0.39 is 0 Å². The van der Waals surface area contributed by atoms with Crippen molar-refractivity contribution < 1.29 is 14.7 Å². The lowest BCUT2D eigenvalue weighted by Crippen LogP contribution is -2.06. The van der Waals surface area contributed by atoms with Gasteiger partial charge in [0.2, 0.25) is 0 Å². The van der Waals surface area contributed by atoms with Gasteiger partial charge in [0.05, 0.1) is 14.2 Å². The highest BCUT2D eigenvalue weighted by Gasteiger charge is 2.23. The summed E-state index contributed by atoms with van der Waals surface area (Å²) in [4.78, 5) is 0. The average molecular weight is 325 g/mol. The summed E-state index contributed by atoms with van der Waals surface area (Å²) in [5.74, 6) is 1.18. The lowest BCUT2D eigenvalue weighted by Gasteiger charge is -2.21. The lowest BCUT2D eigenvalue weighted by atomic mass is 9.91. The molecule has 0 atom stereocenters. The Labute approximate surface area is 142 Å². The fourth-order valence-electron chi connectivity index (χ4n) is 3.58. The number of hydrogen-bond acceptors (Lipinski definition) is 4. The molecular formula is C20H23NO3. The van der Waals surface area contributed by atoms with Crippen LogP contribution in [0.2, 0.25) is 0 Å².